The van der Waals surface area contributed by atoms with Gasteiger partial charge in [0.1, 0.15) is 6.10 Å². The molecule has 3 unspecified atom stereocenters. The normalized spacial score (nSPS) is 43.2. The molecule has 1 spiro atoms. The van der Waals surface area contributed by atoms with E-state index in [9.17, 15) is 4.79 Å². The van der Waals surface area contributed by atoms with Crippen LogP contribution < -0.4 is 5.32 Å². The van der Waals surface area contributed by atoms with Gasteiger partial charge in [-0.05, 0) is 50.9 Å². The predicted octanol–water partition coefficient (Wildman–Crippen LogP) is 3.26. The molecule has 132 valence electrons. The molecular weight excluding hydrogens is 294 g/mol. The van der Waals surface area contributed by atoms with Gasteiger partial charge in [0.05, 0.1) is 18.3 Å². The number of rotatable bonds is 4. The van der Waals surface area contributed by atoms with Gasteiger partial charge >= 0.3 is 6.09 Å². The number of methoxy groups -OCH3 is 1. The van der Waals surface area contributed by atoms with Crippen LogP contribution in [0.5, 0.6) is 0 Å². The van der Waals surface area contributed by atoms with Crippen molar-refractivity contribution >= 4 is 6.09 Å². The second-order valence-electron chi connectivity index (χ2n) is 7.65. The first kappa shape index (κ1) is 17.0. The van der Waals surface area contributed by atoms with Crippen LogP contribution in [0.2, 0.25) is 0 Å². The summed E-state index contributed by atoms with van der Waals surface area (Å²) in [6.45, 7) is 5.26. The molecule has 3 rings (SSSR count). The van der Waals surface area contributed by atoms with E-state index in [0.29, 0.717) is 5.92 Å². The average molecular weight is 325 g/mol. The van der Waals surface area contributed by atoms with Crippen LogP contribution in [0.15, 0.2) is 0 Å². The van der Waals surface area contributed by atoms with Crippen molar-refractivity contribution in [3.63, 3.8) is 0 Å². The summed E-state index contributed by atoms with van der Waals surface area (Å²) in [6, 6.07) is 0.267. The minimum Gasteiger partial charge on any atom is -0.443 e. The van der Waals surface area contributed by atoms with E-state index in [1.54, 1.807) is 7.11 Å². The van der Waals surface area contributed by atoms with Gasteiger partial charge in [0.25, 0.3) is 0 Å². The Morgan fingerprint density at radius 1 is 1.26 bits per heavy atom. The summed E-state index contributed by atoms with van der Waals surface area (Å²) in [7, 11) is 1.71. The molecule has 2 saturated carbocycles. The predicted molar refractivity (Wildman–Crippen MR) is 87.3 cm³/mol. The minimum absolute atomic E-state index is 0.00866. The Hall–Kier alpha value is -0.810. The van der Waals surface area contributed by atoms with Gasteiger partial charge in [-0.15, -0.1) is 0 Å². The van der Waals surface area contributed by atoms with Gasteiger partial charge in [0.15, 0.2) is 0 Å². The van der Waals surface area contributed by atoms with Crippen molar-refractivity contribution in [2.45, 2.75) is 82.6 Å². The number of epoxide rings is 1. The quantitative estimate of drug-likeness (QED) is 0.806. The van der Waals surface area contributed by atoms with Gasteiger partial charge in [0, 0.05) is 19.1 Å². The molecular formula is C18H31NO4. The maximum atomic E-state index is 12.3. The van der Waals surface area contributed by atoms with E-state index in [1.807, 2.05) is 0 Å². The second-order valence-corrected chi connectivity index (χ2v) is 7.65. The average Bonchev–Trinajstić information content (AvgIpc) is 3.31. The van der Waals surface area contributed by atoms with Crippen LogP contribution in [0.25, 0.3) is 0 Å². The third-order valence-electron chi connectivity index (χ3n) is 6.11. The van der Waals surface area contributed by atoms with E-state index in [4.69, 9.17) is 14.2 Å². The molecule has 4 atom stereocenters. The Balaban J connectivity index is 1.53. The van der Waals surface area contributed by atoms with Crippen LogP contribution in [0, 0.1) is 11.8 Å². The molecule has 0 aromatic carbocycles. The Kier molecular flexibility index (Phi) is 5.16. The van der Waals surface area contributed by atoms with E-state index >= 15 is 0 Å². The van der Waals surface area contributed by atoms with Crippen molar-refractivity contribution in [2.75, 3.05) is 13.7 Å². The van der Waals surface area contributed by atoms with E-state index in [2.05, 4.69) is 19.2 Å². The van der Waals surface area contributed by atoms with Crippen LogP contribution in [-0.4, -0.2) is 43.7 Å². The van der Waals surface area contributed by atoms with Gasteiger partial charge in [-0.3, -0.25) is 0 Å². The fourth-order valence-corrected chi connectivity index (χ4v) is 4.53. The fraction of sp³-hybridized carbons (Fsp3) is 0.944. The molecule has 0 aromatic rings. The molecule has 1 N–H and O–H groups in total. The highest BCUT2D eigenvalue weighted by Crippen LogP contribution is 2.49. The maximum Gasteiger partial charge on any atom is 0.407 e. The van der Waals surface area contributed by atoms with Gasteiger partial charge < -0.3 is 19.5 Å². The largest absolute Gasteiger partial charge is 0.443 e. The highest BCUT2D eigenvalue weighted by atomic mass is 16.6. The summed E-state index contributed by atoms with van der Waals surface area (Å²) < 4.78 is 17.2. The van der Waals surface area contributed by atoms with E-state index in [-0.39, 0.29) is 29.9 Å². The number of ether oxygens (including phenoxy) is 3. The van der Waals surface area contributed by atoms with Crippen molar-refractivity contribution in [2.24, 2.45) is 11.8 Å². The highest BCUT2D eigenvalue weighted by Gasteiger charge is 2.58. The van der Waals surface area contributed by atoms with Gasteiger partial charge in [-0.1, -0.05) is 13.8 Å². The molecule has 3 aliphatic rings. The summed E-state index contributed by atoms with van der Waals surface area (Å²) in [4.78, 5) is 12.3. The lowest BCUT2D eigenvalue weighted by molar-refractivity contribution is -0.100. The zero-order chi connectivity index (χ0) is 16.4. The van der Waals surface area contributed by atoms with Gasteiger partial charge in [0.2, 0.25) is 0 Å². The first-order chi connectivity index (χ1) is 11.1. The third kappa shape index (κ3) is 3.66. The van der Waals surface area contributed by atoms with Crippen molar-refractivity contribution in [3.05, 3.63) is 0 Å². The van der Waals surface area contributed by atoms with Crippen LogP contribution >= 0.6 is 0 Å². The van der Waals surface area contributed by atoms with Crippen LogP contribution in [0.3, 0.4) is 0 Å². The summed E-state index contributed by atoms with van der Waals surface area (Å²) >= 11 is 0. The minimum atomic E-state index is -0.279. The lowest BCUT2D eigenvalue weighted by Gasteiger charge is -2.40. The first-order valence-corrected chi connectivity index (χ1v) is 9.22. The zero-order valence-electron chi connectivity index (χ0n) is 14.7. The lowest BCUT2D eigenvalue weighted by Crippen LogP contribution is -2.51. The molecule has 23 heavy (non-hydrogen) atoms. The Morgan fingerprint density at radius 3 is 2.52 bits per heavy atom. The topological polar surface area (TPSA) is 60.1 Å². The zero-order valence-corrected chi connectivity index (χ0v) is 14.7. The van der Waals surface area contributed by atoms with Crippen molar-refractivity contribution in [3.8, 4) is 0 Å². The molecule has 5 nitrogen and oxygen atoms in total. The Morgan fingerprint density at radius 2 is 1.96 bits per heavy atom. The SMILES string of the molecule is CCC1C(OC)C(OC(=O)NC2CCC(C)CC2)CC[C@]12CO2. The second kappa shape index (κ2) is 6.98. The Bertz CT molecular complexity index is 415. The van der Waals surface area contributed by atoms with Gasteiger partial charge in [-0.2, -0.15) is 0 Å². The number of hydrogen-bond acceptors (Lipinski definition) is 4. The van der Waals surface area contributed by atoms with Crippen molar-refractivity contribution in [1.29, 1.82) is 0 Å². The molecule has 0 aromatic heterocycles. The highest BCUT2D eigenvalue weighted by molar-refractivity contribution is 5.67. The number of amides is 1. The molecule has 0 bridgehead atoms. The van der Waals surface area contributed by atoms with Crippen LogP contribution in [0.1, 0.15) is 58.8 Å². The molecule has 1 heterocycles. The molecule has 2 aliphatic carbocycles. The summed E-state index contributed by atoms with van der Waals surface area (Å²) in [5.41, 5.74) is -0.00866. The summed E-state index contributed by atoms with van der Waals surface area (Å²) in [5, 5.41) is 3.05. The van der Waals surface area contributed by atoms with Crippen LogP contribution in [-0.2, 0) is 14.2 Å². The number of nitrogens with one attached hydrogen (secondary N) is 1. The first-order valence-electron chi connectivity index (χ1n) is 9.22. The molecule has 0 radical (unpaired) electrons. The molecule has 5 heteroatoms. The van der Waals surface area contributed by atoms with E-state index in [0.717, 1.165) is 44.6 Å². The summed E-state index contributed by atoms with van der Waals surface area (Å²) in [6.07, 6.45) is 6.76. The number of hydrogen-bond donors (Lipinski definition) is 1. The molecule has 1 saturated heterocycles. The fourth-order valence-electron chi connectivity index (χ4n) is 4.53. The lowest BCUT2D eigenvalue weighted by atomic mass is 9.74. The molecule has 1 aliphatic heterocycles. The molecule has 1 amide bonds. The maximum absolute atomic E-state index is 12.3. The smallest absolute Gasteiger partial charge is 0.407 e. The molecule has 3 fully saturated rings. The van der Waals surface area contributed by atoms with Crippen molar-refractivity contribution in [1.82, 2.24) is 5.32 Å². The van der Waals surface area contributed by atoms with Crippen LogP contribution in [0.4, 0.5) is 4.79 Å². The number of carbonyl (C=O) groups is 1. The number of alkyl carbamates (subject to hydrolysis) is 1. The number of carbonyl (C=O) groups excluding carboxylic acids is 1. The third-order valence-corrected chi connectivity index (χ3v) is 6.11. The standard InChI is InChI=1S/C18H31NO4/c1-4-14-16(21-3)15(9-10-18(14)11-22-18)23-17(20)19-13-7-5-12(2)6-8-13/h12-16H,4-11H2,1-3H3,(H,19,20)/t12?,13?,14?,15?,16?,18-/m0/s1. The van der Waals surface area contributed by atoms with E-state index in [1.165, 1.54) is 12.8 Å². The van der Waals surface area contributed by atoms with E-state index < -0.39 is 0 Å². The Labute approximate surface area is 139 Å². The van der Waals surface area contributed by atoms with Gasteiger partial charge in [-0.25, -0.2) is 4.79 Å². The summed E-state index contributed by atoms with van der Waals surface area (Å²) in [5.74, 6) is 1.09. The van der Waals surface area contributed by atoms with Crippen molar-refractivity contribution < 1.29 is 19.0 Å². The monoisotopic (exact) mass is 325 g/mol.